The molecular formula is C36H31Cl2NSiZr. The number of para-hydroxylation sites is 1. The zero-order chi connectivity index (χ0) is 29.0. The average Bonchev–Trinajstić information content (AvgIpc) is 3.61. The number of aromatic nitrogens is 1. The van der Waals surface area contributed by atoms with Gasteiger partial charge in [-0.25, -0.2) is 0 Å². The first kappa shape index (κ1) is 31.1. The van der Waals surface area contributed by atoms with E-state index in [2.05, 4.69) is 146 Å². The fourth-order valence-corrected chi connectivity index (χ4v) is 4.89. The molecule has 5 heteroatoms. The molecule has 0 bridgehead atoms. The molecule has 0 aliphatic rings. The standard InChI is InChI=1S/C24H16N.C10H9.C2H6Si.2ClH.Zr/c1-2-7-17(8-3-1)20-15-19-10-5-12-21(23(19)16-20)22-13-4-9-18-11-6-14-25-24(18)22;1-8-6-9-4-2-3-5-10(9)7-8;1-3-2;;;/h1-16H;2-7H,1H3;1-2H3;2*1H;/q2*-1;;;;+4/p-2. The van der Waals surface area contributed by atoms with Gasteiger partial charge in [-0.15, -0.1) is 75.1 Å². The molecule has 0 atom stereocenters. The fourth-order valence-electron chi connectivity index (χ4n) is 4.89. The smallest absolute Gasteiger partial charge is 0.0773 e. The minimum absolute atomic E-state index is 0.826. The van der Waals surface area contributed by atoms with E-state index < -0.39 is 20.8 Å². The van der Waals surface area contributed by atoms with E-state index in [9.17, 15) is 0 Å². The van der Waals surface area contributed by atoms with E-state index in [-0.39, 0.29) is 0 Å². The summed E-state index contributed by atoms with van der Waals surface area (Å²) in [6.45, 7) is 6.43. The van der Waals surface area contributed by atoms with Crippen molar-refractivity contribution in [3.63, 3.8) is 0 Å². The van der Waals surface area contributed by atoms with Crippen LogP contribution in [0.5, 0.6) is 0 Å². The Morgan fingerprint density at radius 1 is 0.659 bits per heavy atom. The molecule has 1 heterocycles. The van der Waals surface area contributed by atoms with Crippen molar-refractivity contribution >= 4 is 59.0 Å². The summed E-state index contributed by atoms with van der Waals surface area (Å²) in [4.78, 5) is 4.63. The summed E-state index contributed by atoms with van der Waals surface area (Å²) in [5, 5.41) is 6.41. The third-order valence-corrected chi connectivity index (χ3v) is 6.54. The normalized spacial score (nSPS) is 10.1. The van der Waals surface area contributed by atoms with E-state index in [0.717, 1.165) is 15.0 Å². The van der Waals surface area contributed by atoms with Gasteiger partial charge < -0.3 is 0 Å². The first-order valence-corrected chi connectivity index (χ1v) is 21.7. The van der Waals surface area contributed by atoms with Crippen LogP contribution in [0.2, 0.25) is 13.1 Å². The van der Waals surface area contributed by atoms with Crippen LogP contribution in [-0.2, 0) is 20.8 Å². The number of benzene rings is 4. The van der Waals surface area contributed by atoms with Gasteiger partial charge in [0.25, 0.3) is 0 Å². The van der Waals surface area contributed by atoms with E-state index >= 15 is 0 Å². The second-order valence-electron chi connectivity index (χ2n) is 9.53. The second-order valence-corrected chi connectivity index (χ2v) is 14.3. The maximum absolute atomic E-state index is 4.93. The van der Waals surface area contributed by atoms with Crippen LogP contribution in [0.4, 0.5) is 0 Å². The van der Waals surface area contributed by atoms with Gasteiger partial charge in [-0.3, -0.25) is 4.98 Å². The predicted octanol–water partition coefficient (Wildman–Crippen LogP) is 11.5. The van der Waals surface area contributed by atoms with Gasteiger partial charge in [0, 0.05) is 26.7 Å². The van der Waals surface area contributed by atoms with Crippen LogP contribution in [0.25, 0.3) is 54.7 Å². The number of fused-ring (bicyclic) bond motifs is 3. The second kappa shape index (κ2) is 16.0. The topological polar surface area (TPSA) is 12.9 Å². The molecule has 1 nitrogen and oxygen atoms in total. The van der Waals surface area contributed by atoms with Crippen molar-refractivity contribution in [2.45, 2.75) is 20.0 Å². The molecule has 0 saturated carbocycles. The number of hydrogen-bond acceptors (Lipinski definition) is 1. The molecule has 1 aromatic heterocycles. The Kier molecular flexibility index (Phi) is 12.1. The molecular weight excluding hydrogens is 637 g/mol. The molecule has 2 radical (unpaired) electrons. The molecule has 7 aromatic rings. The number of hydrogen-bond donors (Lipinski definition) is 0. The van der Waals surface area contributed by atoms with Crippen LogP contribution in [-0.4, -0.2) is 14.5 Å². The monoisotopic (exact) mass is 665 g/mol. The minimum Gasteiger partial charge on any atom is -0.256 e. The molecule has 0 fully saturated rings. The van der Waals surface area contributed by atoms with Gasteiger partial charge in [0.2, 0.25) is 0 Å². The molecule has 0 unspecified atom stereocenters. The third-order valence-electron chi connectivity index (χ3n) is 6.54. The molecule has 0 spiro atoms. The summed E-state index contributed by atoms with van der Waals surface area (Å²) in [6.07, 6.45) is 1.87. The Bertz CT molecular complexity index is 1770. The summed E-state index contributed by atoms with van der Waals surface area (Å²) < 4.78 is 0. The zero-order valence-electron chi connectivity index (χ0n) is 23.4. The van der Waals surface area contributed by atoms with Gasteiger partial charge in [-0.1, -0.05) is 98.4 Å². The Morgan fingerprint density at radius 3 is 2.02 bits per heavy atom. The summed E-state index contributed by atoms with van der Waals surface area (Å²) in [5.74, 6) is 0. The van der Waals surface area contributed by atoms with Crippen LogP contribution in [0.15, 0.2) is 134 Å². The van der Waals surface area contributed by atoms with Crippen LogP contribution in [0.3, 0.4) is 0 Å². The zero-order valence-corrected chi connectivity index (χ0v) is 28.4. The van der Waals surface area contributed by atoms with E-state index in [1.807, 2.05) is 12.3 Å². The minimum atomic E-state index is -0.826. The summed E-state index contributed by atoms with van der Waals surface area (Å²) >= 11 is -0.826. The van der Waals surface area contributed by atoms with Crippen LogP contribution >= 0.6 is 17.0 Å². The average molecular weight is 668 g/mol. The van der Waals surface area contributed by atoms with Gasteiger partial charge in [0.15, 0.2) is 0 Å². The third kappa shape index (κ3) is 8.15. The van der Waals surface area contributed by atoms with Gasteiger partial charge >= 0.3 is 37.9 Å². The van der Waals surface area contributed by atoms with Gasteiger partial charge in [0.05, 0.1) is 5.52 Å². The molecule has 0 aliphatic carbocycles. The van der Waals surface area contributed by atoms with Crippen molar-refractivity contribution in [3.05, 3.63) is 139 Å². The predicted molar refractivity (Wildman–Crippen MR) is 179 cm³/mol. The summed E-state index contributed by atoms with van der Waals surface area (Å²) in [6, 6.07) is 45.0. The quantitative estimate of drug-likeness (QED) is 0.132. The van der Waals surface area contributed by atoms with Crippen LogP contribution in [0.1, 0.15) is 5.56 Å². The Labute approximate surface area is 264 Å². The van der Waals surface area contributed by atoms with Crippen molar-refractivity contribution in [2.24, 2.45) is 0 Å². The molecule has 6 aromatic carbocycles. The molecule has 0 amide bonds. The number of aryl methyl sites for hydroxylation is 1. The van der Waals surface area contributed by atoms with E-state index in [1.54, 1.807) is 0 Å². The molecule has 0 aliphatic heterocycles. The van der Waals surface area contributed by atoms with Crippen LogP contribution < -0.4 is 0 Å². The van der Waals surface area contributed by atoms with Crippen LogP contribution in [0, 0.1) is 6.92 Å². The van der Waals surface area contributed by atoms with E-state index in [1.165, 1.54) is 54.7 Å². The number of rotatable bonds is 2. The molecule has 0 N–H and O–H groups in total. The van der Waals surface area contributed by atoms with Crippen molar-refractivity contribution in [1.82, 2.24) is 4.98 Å². The van der Waals surface area contributed by atoms with Gasteiger partial charge in [0.1, 0.15) is 0 Å². The maximum Gasteiger partial charge on any atom is 0.0773 e. The van der Waals surface area contributed by atoms with Crippen molar-refractivity contribution < 1.29 is 20.8 Å². The van der Waals surface area contributed by atoms with Crippen molar-refractivity contribution in [2.75, 3.05) is 0 Å². The first-order chi connectivity index (χ1) is 20.1. The van der Waals surface area contributed by atoms with Gasteiger partial charge in [-0.2, -0.15) is 6.07 Å². The summed E-state index contributed by atoms with van der Waals surface area (Å²) in [5.41, 5.74) is 7.34. The Morgan fingerprint density at radius 2 is 1.27 bits per heavy atom. The molecule has 7 rings (SSSR count). The Hall–Kier alpha value is -2.81. The molecule has 202 valence electrons. The van der Waals surface area contributed by atoms with E-state index in [4.69, 9.17) is 17.0 Å². The Balaban J connectivity index is 0.000000200. The molecule has 41 heavy (non-hydrogen) atoms. The largest absolute Gasteiger partial charge is 0.256 e. The number of nitrogens with zero attached hydrogens (tertiary/aromatic N) is 1. The maximum atomic E-state index is 4.93. The molecule has 0 saturated heterocycles. The fraction of sp³-hybridized carbons (Fsp3) is 0.0833. The summed E-state index contributed by atoms with van der Waals surface area (Å²) in [7, 11) is 11.0. The van der Waals surface area contributed by atoms with Gasteiger partial charge in [-0.05, 0) is 11.6 Å². The van der Waals surface area contributed by atoms with E-state index in [0.29, 0.717) is 0 Å². The van der Waals surface area contributed by atoms with Crippen molar-refractivity contribution in [3.8, 4) is 22.3 Å². The first-order valence-electron chi connectivity index (χ1n) is 13.4. The number of pyridine rings is 1. The SMILES string of the molecule is C[Si]C.Cc1cc2ccccc2[cH-]1.[Cl][Zr+2][Cl].c1ccc(-c2cc3c(-c4cccc5cccnc45)cccc3[cH-]2)cc1. The van der Waals surface area contributed by atoms with Crippen molar-refractivity contribution in [1.29, 1.82) is 0 Å². The number of halogens is 2.